The van der Waals surface area contributed by atoms with E-state index < -0.39 is 0 Å². The van der Waals surface area contributed by atoms with E-state index in [-0.39, 0.29) is 18.2 Å². The van der Waals surface area contributed by atoms with Crippen LogP contribution in [-0.4, -0.2) is 25.9 Å². The van der Waals surface area contributed by atoms with Gasteiger partial charge in [0.1, 0.15) is 0 Å². The summed E-state index contributed by atoms with van der Waals surface area (Å²) in [5.74, 6) is 0. The van der Waals surface area contributed by atoms with Crippen LogP contribution >= 0.6 is 0 Å². The van der Waals surface area contributed by atoms with Gasteiger partial charge in [-0.3, -0.25) is 0 Å². The first kappa shape index (κ1) is 14.2. The van der Waals surface area contributed by atoms with Crippen LogP contribution in [0.4, 0.5) is 0 Å². The fourth-order valence-electron chi connectivity index (χ4n) is 1.91. The molecule has 1 rings (SSSR count). The van der Waals surface area contributed by atoms with Gasteiger partial charge in [0.2, 0.25) is 0 Å². The third kappa shape index (κ3) is 4.11. The van der Waals surface area contributed by atoms with Gasteiger partial charge in [-0.05, 0) is 31.9 Å². The molecule has 0 heterocycles. The Labute approximate surface area is 104 Å². The lowest BCUT2D eigenvalue weighted by atomic mass is 9.99. The van der Waals surface area contributed by atoms with E-state index in [4.69, 9.17) is 15.2 Å². The molecule has 0 saturated heterocycles. The molecule has 0 fully saturated rings. The van der Waals surface area contributed by atoms with E-state index in [0.29, 0.717) is 6.61 Å². The summed E-state index contributed by atoms with van der Waals surface area (Å²) in [5.41, 5.74) is 8.38. The molecule has 96 valence electrons. The number of nitrogens with two attached hydrogens (primary N) is 1. The average molecular weight is 237 g/mol. The van der Waals surface area contributed by atoms with Crippen LogP contribution in [0.3, 0.4) is 0 Å². The number of hydrogen-bond donors (Lipinski definition) is 1. The van der Waals surface area contributed by atoms with Crippen molar-refractivity contribution >= 4 is 0 Å². The number of methoxy groups -OCH3 is 1. The minimum atomic E-state index is -0.0821. The Morgan fingerprint density at radius 3 is 2.41 bits per heavy atom. The van der Waals surface area contributed by atoms with Crippen LogP contribution in [0.25, 0.3) is 0 Å². The Bertz CT molecular complexity index is 339. The van der Waals surface area contributed by atoms with Crippen LogP contribution in [0.15, 0.2) is 24.3 Å². The molecule has 17 heavy (non-hydrogen) atoms. The minimum absolute atomic E-state index is 0.0376. The van der Waals surface area contributed by atoms with Crippen molar-refractivity contribution in [2.75, 3.05) is 13.7 Å². The lowest BCUT2D eigenvalue weighted by molar-refractivity contribution is -0.0483. The first-order chi connectivity index (χ1) is 8.06. The van der Waals surface area contributed by atoms with Gasteiger partial charge in [-0.25, -0.2) is 0 Å². The van der Waals surface area contributed by atoms with Crippen molar-refractivity contribution in [3.63, 3.8) is 0 Å². The second-order valence-corrected chi connectivity index (χ2v) is 4.54. The molecule has 0 aromatic heterocycles. The normalized spacial score (nSPS) is 16.5. The van der Waals surface area contributed by atoms with Crippen molar-refractivity contribution in [1.82, 2.24) is 0 Å². The van der Waals surface area contributed by atoms with E-state index in [1.54, 1.807) is 7.11 Å². The summed E-state index contributed by atoms with van der Waals surface area (Å²) in [6.45, 7) is 6.62. The molecule has 0 amide bonds. The summed E-state index contributed by atoms with van der Waals surface area (Å²) in [6, 6.07) is 8.14. The second kappa shape index (κ2) is 6.74. The van der Waals surface area contributed by atoms with E-state index in [0.717, 1.165) is 5.56 Å². The molecule has 3 unspecified atom stereocenters. The summed E-state index contributed by atoms with van der Waals surface area (Å²) in [7, 11) is 1.68. The Morgan fingerprint density at radius 1 is 1.24 bits per heavy atom. The Hall–Kier alpha value is -0.900. The molecule has 2 N–H and O–H groups in total. The predicted octanol–water partition coefficient (Wildman–Crippen LogP) is 2.43. The molecule has 0 bridgehead atoms. The Kier molecular flexibility index (Phi) is 5.62. The zero-order chi connectivity index (χ0) is 12.8. The SMILES string of the molecule is COCC(C)OC(c1ccccc1C)C(C)N. The predicted molar refractivity (Wildman–Crippen MR) is 70.0 cm³/mol. The van der Waals surface area contributed by atoms with E-state index in [1.165, 1.54) is 5.56 Å². The second-order valence-electron chi connectivity index (χ2n) is 4.54. The maximum atomic E-state index is 6.02. The number of rotatable bonds is 6. The van der Waals surface area contributed by atoms with Crippen LogP contribution in [-0.2, 0) is 9.47 Å². The molecule has 3 atom stereocenters. The lowest BCUT2D eigenvalue weighted by Crippen LogP contribution is -2.31. The molecule has 1 aromatic carbocycles. The highest BCUT2D eigenvalue weighted by molar-refractivity contribution is 5.28. The van der Waals surface area contributed by atoms with E-state index in [1.807, 2.05) is 26.0 Å². The monoisotopic (exact) mass is 237 g/mol. The fourth-order valence-corrected chi connectivity index (χ4v) is 1.91. The van der Waals surface area contributed by atoms with Gasteiger partial charge in [-0.1, -0.05) is 24.3 Å². The first-order valence-electron chi connectivity index (χ1n) is 6.01. The van der Waals surface area contributed by atoms with Gasteiger partial charge in [0.15, 0.2) is 0 Å². The number of hydrogen-bond acceptors (Lipinski definition) is 3. The summed E-state index contributed by atoms with van der Waals surface area (Å²) >= 11 is 0. The molecule has 3 nitrogen and oxygen atoms in total. The smallest absolute Gasteiger partial charge is 0.0980 e. The van der Waals surface area contributed by atoms with Gasteiger partial charge >= 0.3 is 0 Å². The molecular weight excluding hydrogens is 214 g/mol. The molecular formula is C14H23NO2. The molecule has 0 aliphatic carbocycles. The molecule has 3 heteroatoms. The lowest BCUT2D eigenvalue weighted by Gasteiger charge is -2.26. The number of aryl methyl sites for hydroxylation is 1. The zero-order valence-electron chi connectivity index (χ0n) is 11.1. The fraction of sp³-hybridized carbons (Fsp3) is 0.571. The van der Waals surface area contributed by atoms with Crippen molar-refractivity contribution in [2.45, 2.75) is 39.0 Å². The Morgan fingerprint density at radius 2 is 1.88 bits per heavy atom. The average Bonchev–Trinajstić information content (AvgIpc) is 2.27. The van der Waals surface area contributed by atoms with Gasteiger partial charge < -0.3 is 15.2 Å². The molecule has 1 aromatic rings. The molecule has 0 saturated carbocycles. The molecule has 0 spiro atoms. The van der Waals surface area contributed by atoms with Gasteiger partial charge in [0, 0.05) is 13.2 Å². The van der Waals surface area contributed by atoms with E-state index >= 15 is 0 Å². The Balaban J connectivity index is 2.83. The van der Waals surface area contributed by atoms with Crippen LogP contribution in [0.1, 0.15) is 31.1 Å². The van der Waals surface area contributed by atoms with Gasteiger partial charge in [-0.15, -0.1) is 0 Å². The van der Waals surface area contributed by atoms with Gasteiger partial charge in [0.05, 0.1) is 18.8 Å². The van der Waals surface area contributed by atoms with Crippen molar-refractivity contribution in [1.29, 1.82) is 0 Å². The number of benzene rings is 1. The highest BCUT2D eigenvalue weighted by Gasteiger charge is 2.21. The first-order valence-corrected chi connectivity index (χ1v) is 6.01. The van der Waals surface area contributed by atoms with Crippen LogP contribution in [0.5, 0.6) is 0 Å². The van der Waals surface area contributed by atoms with Crippen LogP contribution in [0, 0.1) is 6.92 Å². The molecule has 0 radical (unpaired) electrons. The molecule has 0 aliphatic heterocycles. The minimum Gasteiger partial charge on any atom is -0.382 e. The molecule has 0 aliphatic rings. The van der Waals surface area contributed by atoms with Gasteiger partial charge in [0.25, 0.3) is 0 Å². The third-order valence-electron chi connectivity index (χ3n) is 2.75. The quantitative estimate of drug-likeness (QED) is 0.826. The summed E-state index contributed by atoms with van der Waals surface area (Å²) in [5, 5.41) is 0. The highest BCUT2D eigenvalue weighted by Crippen LogP contribution is 2.25. The van der Waals surface area contributed by atoms with Crippen molar-refractivity contribution in [3.8, 4) is 0 Å². The van der Waals surface area contributed by atoms with Gasteiger partial charge in [-0.2, -0.15) is 0 Å². The summed E-state index contributed by atoms with van der Waals surface area (Å²) in [4.78, 5) is 0. The summed E-state index contributed by atoms with van der Waals surface area (Å²) < 4.78 is 11.1. The van der Waals surface area contributed by atoms with E-state index in [9.17, 15) is 0 Å². The third-order valence-corrected chi connectivity index (χ3v) is 2.75. The standard InChI is InChI=1S/C14H23NO2/c1-10-7-5-6-8-13(10)14(12(3)15)17-11(2)9-16-4/h5-8,11-12,14H,9,15H2,1-4H3. The topological polar surface area (TPSA) is 44.5 Å². The largest absolute Gasteiger partial charge is 0.382 e. The van der Waals surface area contributed by atoms with E-state index in [2.05, 4.69) is 19.1 Å². The van der Waals surface area contributed by atoms with Crippen LogP contribution < -0.4 is 5.73 Å². The number of ether oxygens (including phenoxy) is 2. The maximum Gasteiger partial charge on any atom is 0.0980 e. The van der Waals surface area contributed by atoms with Crippen LogP contribution in [0.2, 0.25) is 0 Å². The van der Waals surface area contributed by atoms with Crippen molar-refractivity contribution in [3.05, 3.63) is 35.4 Å². The zero-order valence-corrected chi connectivity index (χ0v) is 11.1. The highest BCUT2D eigenvalue weighted by atomic mass is 16.5. The van der Waals surface area contributed by atoms with Crippen molar-refractivity contribution < 1.29 is 9.47 Å². The van der Waals surface area contributed by atoms with Crippen molar-refractivity contribution in [2.24, 2.45) is 5.73 Å². The maximum absolute atomic E-state index is 6.02. The summed E-state index contributed by atoms with van der Waals surface area (Å²) in [6.07, 6.45) is -0.0445.